The van der Waals surface area contributed by atoms with E-state index in [1.54, 1.807) is 30.8 Å². The standard InChI is InChI=1S/C16H19NO3S/c1-3-19-16(18)12-4-6-13(7-5-12)17-10-14-8-9-15(20-14)11-21-2/h4-9,17H,3,10-11H2,1-2H3. The van der Waals surface area contributed by atoms with Gasteiger partial charge in [-0.15, -0.1) is 0 Å². The third-order valence-corrected chi connectivity index (χ3v) is 3.44. The Labute approximate surface area is 128 Å². The molecular weight excluding hydrogens is 286 g/mol. The molecule has 0 radical (unpaired) electrons. The molecule has 2 aromatic rings. The molecule has 1 heterocycles. The molecule has 0 saturated heterocycles. The van der Waals surface area contributed by atoms with Crippen LogP contribution in [0.4, 0.5) is 5.69 Å². The summed E-state index contributed by atoms with van der Waals surface area (Å²) in [6, 6.07) is 11.2. The Bertz CT molecular complexity index is 577. The van der Waals surface area contributed by atoms with E-state index >= 15 is 0 Å². The van der Waals surface area contributed by atoms with Crippen molar-refractivity contribution in [3.8, 4) is 0 Å². The Morgan fingerprint density at radius 1 is 1.19 bits per heavy atom. The summed E-state index contributed by atoms with van der Waals surface area (Å²) in [5.74, 6) is 2.47. The van der Waals surface area contributed by atoms with Crippen LogP contribution in [0, 0.1) is 0 Å². The third-order valence-electron chi connectivity index (χ3n) is 2.87. The lowest BCUT2D eigenvalue weighted by atomic mass is 10.2. The van der Waals surface area contributed by atoms with Gasteiger partial charge in [0, 0.05) is 5.69 Å². The monoisotopic (exact) mass is 305 g/mol. The van der Waals surface area contributed by atoms with Gasteiger partial charge in [-0.2, -0.15) is 11.8 Å². The minimum atomic E-state index is -0.295. The van der Waals surface area contributed by atoms with Crippen LogP contribution in [0.5, 0.6) is 0 Å². The highest BCUT2D eigenvalue weighted by Crippen LogP contribution is 2.16. The van der Waals surface area contributed by atoms with Crippen molar-refractivity contribution < 1.29 is 13.9 Å². The Morgan fingerprint density at radius 2 is 1.90 bits per heavy atom. The van der Waals surface area contributed by atoms with E-state index in [0.717, 1.165) is 23.0 Å². The molecule has 1 aromatic heterocycles. The summed E-state index contributed by atoms with van der Waals surface area (Å²) in [6.45, 7) is 2.80. The van der Waals surface area contributed by atoms with Gasteiger partial charge in [0.05, 0.1) is 24.5 Å². The number of thioether (sulfide) groups is 1. The number of ether oxygens (including phenoxy) is 1. The number of benzene rings is 1. The molecule has 1 N–H and O–H groups in total. The SMILES string of the molecule is CCOC(=O)c1ccc(NCc2ccc(CSC)o2)cc1. The molecule has 21 heavy (non-hydrogen) atoms. The number of carbonyl (C=O) groups excluding carboxylic acids is 1. The van der Waals surface area contributed by atoms with Crippen LogP contribution < -0.4 is 5.32 Å². The van der Waals surface area contributed by atoms with Crippen LogP contribution in [0.3, 0.4) is 0 Å². The summed E-state index contributed by atoms with van der Waals surface area (Å²) in [6.07, 6.45) is 2.05. The van der Waals surface area contributed by atoms with Crippen molar-refractivity contribution in [3.63, 3.8) is 0 Å². The van der Waals surface area contributed by atoms with E-state index in [1.165, 1.54) is 0 Å². The highest BCUT2D eigenvalue weighted by molar-refractivity contribution is 7.97. The highest BCUT2D eigenvalue weighted by Gasteiger charge is 2.06. The molecule has 0 saturated carbocycles. The first-order valence-electron chi connectivity index (χ1n) is 6.80. The van der Waals surface area contributed by atoms with Gasteiger partial charge in [-0.3, -0.25) is 0 Å². The number of furan rings is 1. The maximum atomic E-state index is 11.5. The van der Waals surface area contributed by atoms with Crippen molar-refractivity contribution in [2.75, 3.05) is 18.2 Å². The van der Waals surface area contributed by atoms with E-state index in [4.69, 9.17) is 9.15 Å². The second-order valence-corrected chi connectivity index (χ2v) is 5.32. The van der Waals surface area contributed by atoms with Crippen molar-refractivity contribution in [2.45, 2.75) is 19.2 Å². The van der Waals surface area contributed by atoms with Crippen LogP contribution in [-0.2, 0) is 17.0 Å². The van der Waals surface area contributed by atoms with Gasteiger partial charge in [0.15, 0.2) is 0 Å². The Kier molecular flexibility index (Phi) is 5.75. The second kappa shape index (κ2) is 7.78. The van der Waals surface area contributed by atoms with Gasteiger partial charge in [0.25, 0.3) is 0 Å². The quantitative estimate of drug-likeness (QED) is 0.785. The van der Waals surface area contributed by atoms with Gasteiger partial charge in [0.2, 0.25) is 0 Å². The number of esters is 1. The Balaban J connectivity index is 1.89. The average molecular weight is 305 g/mol. The molecule has 0 amide bonds. The van der Waals surface area contributed by atoms with Gasteiger partial charge < -0.3 is 14.5 Å². The van der Waals surface area contributed by atoms with Crippen LogP contribution in [0.15, 0.2) is 40.8 Å². The molecule has 0 bridgehead atoms. The summed E-state index contributed by atoms with van der Waals surface area (Å²) in [5, 5.41) is 3.26. The molecule has 0 aliphatic heterocycles. The lowest BCUT2D eigenvalue weighted by molar-refractivity contribution is 0.0526. The number of carbonyl (C=O) groups is 1. The molecule has 0 aliphatic carbocycles. The number of hydrogen-bond acceptors (Lipinski definition) is 5. The van der Waals surface area contributed by atoms with Crippen molar-refractivity contribution in [1.82, 2.24) is 0 Å². The molecule has 5 heteroatoms. The molecular formula is C16H19NO3S. The largest absolute Gasteiger partial charge is 0.463 e. The fourth-order valence-corrected chi connectivity index (χ4v) is 2.30. The zero-order chi connectivity index (χ0) is 15.1. The predicted octanol–water partition coefficient (Wildman–Crippen LogP) is 3.93. The van der Waals surface area contributed by atoms with Gasteiger partial charge in [0.1, 0.15) is 11.5 Å². The molecule has 0 aliphatic rings. The number of rotatable bonds is 7. The third kappa shape index (κ3) is 4.56. The molecule has 0 atom stereocenters. The Hall–Kier alpha value is -1.88. The van der Waals surface area contributed by atoms with Gasteiger partial charge in [-0.25, -0.2) is 4.79 Å². The first-order valence-corrected chi connectivity index (χ1v) is 8.20. The molecule has 0 spiro atoms. The van der Waals surface area contributed by atoms with Crippen LogP contribution in [0.2, 0.25) is 0 Å². The summed E-state index contributed by atoms with van der Waals surface area (Å²) in [4.78, 5) is 11.5. The van der Waals surface area contributed by atoms with Crippen molar-refractivity contribution in [1.29, 1.82) is 0 Å². The smallest absolute Gasteiger partial charge is 0.338 e. The van der Waals surface area contributed by atoms with Gasteiger partial charge in [-0.05, 0) is 49.6 Å². The molecule has 4 nitrogen and oxygen atoms in total. The van der Waals surface area contributed by atoms with E-state index in [2.05, 4.69) is 5.32 Å². The van der Waals surface area contributed by atoms with E-state index in [0.29, 0.717) is 18.7 Å². The second-order valence-electron chi connectivity index (χ2n) is 4.45. The molecule has 2 rings (SSSR count). The number of anilines is 1. The molecule has 112 valence electrons. The summed E-state index contributed by atoms with van der Waals surface area (Å²) in [5.41, 5.74) is 1.49. The maximum Gasteiger partial charge on any atom is 0.338 e. The van der Waals surface area contributed by atoms with E-state index in [9.17, 15) is 4.79 Å². The topological polar surface area (TPSA) is 51.5 Å². The van der Waals surface area contributed by atoms with Crippen LogP contribution in [-0.4, -0.2) is 18.8 Å². The lowest BCUT2D eigenvalue weighted by Gasteiger charge is -2.06. The normalized spacial score (nSPS) is 10.4. The fraction of sp³-hybridized carbons (Fsp3) is 0.312. The van der Waals surface area contributed by atoms with Crippen molar-refractivity contribution in [3.05, 3.63) is 53.5 Å². The zero-order valence-electron chi connectivity index (χ0n) is 12.2. The highest BCUT2D eigenvalue weighted by atomic mass is 32.2. The van der Waals surface area contributed by atoms with Gasteiger partial charge in [-0.1, -0.05) is 0 Å². The fourth-order valence-electron chi connectivity index (χ4n) is 1.86. The van der Waals surface area contributed by atoms with E-state index in [-0.39, 0.29) is 5.97 Å². The Morgan fingerprint density at radius 3 is 2.57 bits per heavy atom. The summed E-state index contributed by atoms with van der Waals surface area (Å²) < 4.78 is 10.6. The van der Waals surface area contributed by atoms with E-state index in [1.807, 2.05) is 30.5 Å². The lowest BCUT2D eigenvalue weighted by Crippen LogP contribution is -2.05. The average Bonchev–Trinajstić information content (AvgIpc) is 2.94. The number of nitrogens with one attached hydrogen (secondary N) is 1. The maximum absolute atomic E-state index is 11.5. The van der Waals surface area contributed by atoms with Crippen LogP contribution >= 0.6 is 11.8 Å². The van der Waals surface area contributed by atoms with Crippen LogP contribution in [0.25, 0.3) is 0 Å². The molecule has 0 unspecified atom stereocenters. The number of hydrogen-bond donors (Lipinski definition) is 1. The summed E-state index contributed by atoms with van der Waals surface area (Å²) in [7, 11) is 0. The minimum Gasteiger partial charge on any atom is -0.463 e. The van der Waals surface area contributed by atoms with Crippen molar-refractivity contribution in [2.24, 2.45) is 0 Å². The molecule has 1 aromatic carbocycles. The predicted molar refractivity (Wildman–Crippen MR) is 85.7 cm³/mol. The van der Waals surface area contributed by atoms with Gasteiger partial charge >= 0.3 is 5.97 Å². The first kappa shape index (κ1) is 15.5. The summed E-state index contributed by atoms with van der Waals surface area (Å²) >= 11 is 1.73. The minimum absolute atomic E-state index is 0.295. The zero-order valence-corrected chi connectivity index (χ0v) is 13.0. The first-order chi connectivity index (χ1) is 10.2. The van der Waals surface area contributed by atoms with Crippen LogP contribution in [0.1, 0.15) is 28.8 Å². The van der Waals surface area contributed by atoms with E-state index < -0.39 is 0 Å². The molecule has 0 fully saturated rings. The van der Waals surface area contributed by atoms with Crippen molar-refractivity contribution >= 4 is 23.4 Å².